The lowest BCUT2D eigenvalue weighted by Gasteiger charge is -2.12. The lowest BCUT2D eigenvalue weighted by atomic mass is 10.2. The van der Waals surface area contributed by atoms with Gasteiger partial charge in [0, 0.05) is 10.7 Å². The minimum atomic E-state index is 0.114. The summed E-state index contributed by atoms with van der Waals surface area (Å²) in [5.41, 5.74) is 1.16. The first-order chi connectivity index (χ1) is 7.66. The van der Waals surface area contributed by atoms with Gasteiger partial charge in [-0.1, -0.05) is 0 Å². The number of rotatable bonds is 3. The van der Waals surface area contributed by atoms with Crippen molar-refractivity contribution in [3.05, 3.63) is 46.5 Å². The van der Waals surface area contributed by atoms with Crippen molar-refractivity contribution in [2.24, 2.45) is 0 Å². The average Bonchev–Trinajstić information content (AvgIpc) is 2.77. The summed E-state index contributed by atoms with van der Waals surface area (Å²) in [7, 11) is 0. The Bertz CT molecular complexity index is 468. The van der Waals surface area contributed by atoms with Crippen molar-refractivity contribution in [2.75, 3.05) is 5.32 Å². The van der Waals surface area contributed by atoms with E-state index < -0.39 is 0 Å². The summed E-state index contributed by atoms with van der Waals surface area (Å²) in [5, 5.41) is 3.29. The molecule has 0 amide bonds. The Morgan fingerprint density at radius 1 is 1.50 bits per heavy atom. The van der Waals surface area contributed by atoms with Crippen LogP contribution < -0.4 is 5.32 Å². The standard InChI is InChI=1S/C12H13BrN2O/c1-8-6-12(14-7-10(8)13)15-9(2)11-4-3-5-16-11/h3-7,9H,1-2H3,(H,14,15). The molecule has 0 radical (unpaired) electrons. The topological polar surface area (TPSA) is 38.1 Å². The summed E-state index contributed by atoms with van der Waals surface area (Å²) >= 11 is 3.43. The molecule has 0 aliphatic rings. The molecule has 4 heteroatoms. The van der Waals surface area contributed by atoms with Crippen LogP contribution in [-0.2, 0) is 0 Å². The van der Waals surface area contributed by atoms with E-state index in [9.17, 15) is 0 Å². The smallest absolute Gasteiger partial charge is 0.126 e. The SMILES string of the molecule is Cc1cc(NC(C)c2ccco2)ncc1Br. The molecule has 2 aromatic heterocycles. The van der Waals surface area contributed by atoms with Crippen molar-refractivity contribution < 1.29 is 4.42 Å². The number of aromatic nitrogens is 1. The van der Waals surface area contributed by atoms with Gasteiger partial charge in [-0.25, -0.2) is 4.98 Å². The summed E-state index contributed by atoms with van der Waals surface area (Å²) in [5.74, 6) is 1.76. The third-order valence-electron chi connectivity index (χ3n) is 2.38. The highest BCUT2D eigenvalue weighted by atomic mass is 79.9. The maximum absolute atomic E-state index is 5.32. The number of aryl methyl sites for hydroxylation is 1. The number of pyridine rings is 1. The number of nitrogens with one attached hydrogen (secondary N) is 1. The molecule has 1 unspecified atom stereocenters. The molecular formula is C12H13BrN2O. The van der Waals surface area contributed by atoms with Crippen LogP contribution in [0.3, 0.4) is 0 Å². The molecule has 1 atom stereocenters. The van der Waals surface area contributed by atoms with Gasteiger partial charge in [-0.3, -0.25) is 0 Å². The van der Waals surface area contributed by atoms with Crippen molar-refractivity contribution in [3.8, 4) is 0 Å². The predicted octanol–water partition coefficient (Wildman–Crippen LogP) is 3.92. The summed E-state index contributed by atoms with van der Waals surface area (Å²) < 4.78 is 6.34. The van der Waals surface area contributed by atoms with Crippen LogP contribution in [0.4, 0.5) is 5.82 Å². The molecule has 3 nitrogen and oxygen atoms in total. The molecule has 0 bridgehead atoms. The molecule has 0 aliphatic carbocycles. The Kier molecular flexibility index (Phi) is 3.29. The highest BCUT2D eigenvalue weighted by Gasteiger charge is 2.08. The summed E-state index contributed by atoms with van der Waals surface area (Å²) in [6, 6.07) is 5.95. The van der Waals surface area contributed by atoms with Crippen LogP contribution >= 0.6 is 15.9 Å². The van der Waals surface area contributed by atoms with Gasteiger partial charge in [0.1, 0.15) is 11.6 Å². The minimum Gasteiger partial charge on any atom is -0.467 e. The zero-order valence-electron chi connectivity index (χ0n) is 9.20. The van der Waals surface area contributed by atoms with Crippen LogP contribution in [0.25, 0.3) is 0 Å². The number of hydrogen-bond acceptors (Lipinski definition) is 3. The largest absolute Gasteiger partial charge is 0.467 e. The fourth-order valence-electron chi connectivity index (χ4n) is 1.45. The van der Waals surface area contributed by atoms with Gasteiger partial charge >= 0.3 is 0 Å². The predicted molar refractivity (Wildman–Crippen MR) is 67.4 cm³/mol. The van der Waals surface area contributed by atoms with Crippen LogP contribution in [0.15, 0.2) is 39.5 Å². The van der Waals surface area contributed by atoms with Crippen LogP contribution in [0, 0.1) is 6.92 Å². The van der Waals surface area contributed by atoms with Crippen LogP contribution in [-0.4, -0.2) is 4.98 Å². The van der Waals surface area contributed by atoms with E-state index in [4.69, 9.17) is 4.42 Å². The molecular weight excluding hydrogens is 268 g/mol. The zero-order valence-corrected chi connectivity index (χ0v) is 10.8. The second kappa shape index (κ2) is 4.70. The van der Waals surface area contributed by atoms with Crippen LogP contribution in [0.5, 0.6) is 0 Å². The Balaban J connectivity index is 2.12. The summed E-state index contributed by atoms with van der Waals surface area (Å²) in [6.45, 7) is 4.08. The van der Waals surface area contributed by atoms with Crippen molar-refractivity contribution in [2.45, 2.75) is 19.9 Å². The Morgan fingerprint density at radius 2 is 2.31 bits per heavy atom. The summed E-state index contributed by atoms with van der Waals surface area (Å²) in [6.07, 6.45) is 3.47. The molecule has 0 fully saturated rings. The van der Waals surface area contributed by atoms with Crippen LogP contribution in [0.2, 0.25) is 0 Å². The molecule has 0 aliphatic heterocycles. The maximum Gasteiger partial charge on any atom is 0.126 e. The Labute approximate surface area is 103 Å². The number of anilines is 1. The van der Waals surface area contributed by atoms with Gasteiger partial charge in [-0.15, -0.1) is 0 Å². The van der Waals surface area contributed by atoms with Gasteiger partial charge < -0.3 is 9.73 Å². The molecule has 0 saturated heterocycles. The first-order valence-electron chi connectivity index (χ1n) is 5.09. The molecule has 16 heavy (non-hydrogen) atoms. The first-order valence-corrected chi connectivity index (χ1v) is 5.88. The quantitative estimate of drug-likeness (QED) is 0.926. The Hall–Kier alpha value is -1.29. The van der Waals surface area contributed by atoms with Crippen molar-refractivity contribution >= 4 is 21.7 Å². The van der Waals surface area contributed by atoms with Crippen molar-refractivity contribution in [1.29, 1.82) is 0 Å². The summed E-state index contributed by atoms with van der Waals surface area (Å²) in [4.78, 5) is 4.29. The second-order valence-corrected chi connectivity index (χ2v) is 4.55. The Morgan fingerprint density at radius 3 is 2.94 bits per heavy atom. The molecule has 2 rings (SSSR count). The van der Waals surface area contributed by atoms with E-state index in [1.54, 1.807) is 12.5 Å². The second-order valence-electron chi connectivity index (χ2n) is 3.70. The first kappa shape index (κ1) is 11.2. The van der Waals surface area contributed by atoms with Gasteiger partial charge in [0.2, 0.25) is 0 Å². The lowest BCUT2D eigenvalue weighted by molar-refractivity contribution is 0.490. The van der Waals surface area contributed by atoms with Gasteiger partial charge in [0.05, 0.1) is 12.3 Å². The van der Waals surface area contributed by atoms with Gasteiger partial charge in [-0.05, 0) is 53.5 Å². The highest BCUT2D eigenvalue weighted by Crippen LogP contribution is 2.21. The van der Waals surface area contributed by atoms with E-state index in [0.717, 1.165) is 21.6 Å². The molecule has 0 aromatic carbocycles. The van der Waals surface area contributed by atoms with E-state index >= 15 is 0 Å². The molecule has 1 N–H and O–H groups in total. The minimum absolute atomic E-state index is 0.114. The fourth-order valence-corrected chi connectivity index (χ4v) is 1.67. The van der Waals surface area contributed by atoms with E-state index in [1.165, 1.54) is 0 Å². The fraction of sp³-hybridized carbons (Fsp3) is 0.250. The monoisotopic (exact) mass is 280 g/mol. The van der Waals surface area contributed by atoms with Crippen molar-refractivity contribution in [3.63, 3.8) is 0 Å². The number of hydrogen-bond donors (Lipinski definition) is 1. The normalized spacial score (nSPS) is 12.4. The third kappa shape index (κ3) is 2.44. The molecule has 0 spiro atoms. The van der Waals surface area contributed by atoms with Gasteiger partial charge in [0.25, 0.3) is 0 Å². The van der Waals surface area contributed by atoms with E-state index in [2.05, 4.69) is 26.2 Å². The maximum atomic E-state index is 5.32. The third-order valence-corrected chi connectivity index (χ3v) is 3.21. The van der Waals surface area contributed by atoms with Gasteiger partial charge in [0.15, 0.2) is 0 Å². The van der Waals surface area contributed by atoms with E-state index in [1.807, 2.05) is 32.0 Å². The van der Waals surface area contributed by atoms with Gasteiger partial charge in [-0.2, -0.15) is 0 Å². The molecule has 0 saturated carbocycles. The molecule has 2 heterocycles. The van der Waals surface area contributed by atoms with E-state index in [-0.39, 0.29) is 6.04 Å². The van der Waals surface area contributed by atoms with Crippen molar-refractivity contribution in [1.82, 2.24) is 4.98 Å². The zero-order chi connectivity index (χ0) is 11.5. The molecule has 2 aromatic rings. The van der Waals surface area contributed by atoms with E-state index in [0.29, 0.717) is 0 Å². The number of nitrogens with zero attached hydrogens (tertiary/aromatic N) is 1. The number of furan rings is 1. The van der Waals surface area contributed by atoms with Crippen LogP contribution in [0.1, 0.15) is 24.3 Å². The lowest BCUT2D eigenvalue weighted by Crippen LogP contribution is -2.07. The average molecular weight is 281 g/mol. The highest BCUT2D eigenvalue weighted by molar-refractivity contribution is 9.10. The molecule has 84 valence electrons. The number of halogens is 1.